The molecule has 0 spiro atoms. The lowest BCUT2D eigenvalue weighted by atomic mass is 10.2. The molecule has 2 heterocycles. The van der Waals surface area contributed by atoms with Crippen molar-refractivity contribution < 1.29 is 17.8 Å². The second-order valence-corrected chi connectivity index (χ2v) is 8.09. The molecular formula is C18H20N4O4S. The van der Waals surface area contributed by atoms with Crippen molar-refractivity contribution in [3.05, 3.63) is 42.5 Å². The van der Waals surface area contributed by atoms with Crippen LogP contribution in [-0.4, -0.2) is 55.8 Å². The van der Waals surface area contributed by atoms with Crippen LogP contribution < -0.4 is 9.64 Å². The number of rotatable bonds is 5. The van der Waals surface area contributed by atoms with Crippen molar-refractivity contribution in [3.63, 3.8) is 0 Å². The number of nitrogens with zero attached hydrogens (tertiary/aromatic N) is 4. The van der Waals surface area contributed by atoms with E-state index in [9.17, 15) is 8.42 Å². The van der Waals surface area contributed by atoms with E-state index in [4.69, 9.17) is 9.37 Å². The topological polar surface area (TPSA) is 88.8 Å². The van der Waals surface area contributed by atoms with Crippen molar-refractivity contribution in [1.82, 2.24) is 14.6 Å². The van der Waals surface area contributed by atoms with Crippen molar-refractivity contribution in [3.8, 4) is 5.75 Å². The first-order valence-corrected chi connectivity index (χ1v) is 10.2. The summed E-state index contributed by atoms with van der Waals surface area (Å²) in [4.78, 5) is 2.28. The molecule has 0 amide bonds. The third-order valence-corrected chi connectivity index (χ3v) is 6.54. The van der Waals surface area contributed by atoms with Gasteiger partial charge < -0.3 is 9.64 Å². The Bertz CT molecular complexity index is 1040. The summed E-state index contributed by atoms with van der Waals surface area (Å²) in [5.74, 6) is 0.815. The molecule has 1 saturated heterocycles. The summed E-state index contributed by atoms with van der Waals surface area (Å²) in [5, 5.41) is 7.48. The monoisotopic (exact) mass is 388 g/mol. The minimum Gasteiger partial charge on any atom is -0.492 e. The van der Waals surface area contributed by atoms with Crippen molar-refractivity contribution in [1.29, 1.82) is 0 Å². The number of hydrogen-bond acceptors (Lipinski definition) is 7. The third-order valence-electron chi connectivity index (χ3n) is 4.61. The van der Waals surface area contributed by atoms with E-state index in [1.165, 1.54) is 4.31 Å². The Morgan fingerprint density at radius 2 is 1.81 bits per heavy atom. The Labute approximate surface area is 157 Å². The van der Waals surface area contributed by atoms with Crippen LogP contribution in [-0.2, 0) is 10.0 Å². The van der Waals surface area contributed by atoms with E-state index in [0.717, 1.165) is 11.4 Å². The fraction of sp³-hybridized carbons (Fsp3) is 0.333. The summed E-state index contributed by atoms with van der Waals surface area (Å²) in [6, 6.07) is 12.7. The van der Waals surface area contributed by atoms with Crippen LogP contribution in [0.1, 0.15) is 6.92 Å². The Kier molecular flexibility index (Phi) is 4.71. The number of sulfonamides is 1. The molecular weight excluding hydrogens is 368 g/mol. The third kappa shape index (κ3) is 3.24. The summed E-state index contributed by atoms with van der Waals surface area (Å²) in [5.41, 5.74) is 1.68. The number of ether oxygens (including phenoxy) is 1. The van der Waals surface area contributed by atoms with Crippen LogP contribution in [0.5, 0.6) is 5.75 Å². The van der Waals surface area contributed by atoms with Crippen LogP contribution >= 0.6 is 0 Å². The molecule has 2 aromatic carbocycles. The maximum atomic E-state index is 13.1. The first kappa shape index (κ1) is 17.7. The number of benzene rings is 2. The van der Waals surface area contributed by atoms with Gasteiger partial charge >= 0.3 is 0 Å². The largest absolute Gasteiger partial charge is 0.492 e. The van der Waals surface area contributed by atoms with Gasteiger partial charge in [-0.2, -0.15) is 4.31 Å². The Balaban J connectivity index is 1.55. The van der Waals surface area contributed by atoms with Crippen LogP contribution in [0.25, 0.3) is 11.0 Å². The van der Waals surface area contributed by atoms with Gasteiger partial charge in [-0.3, -0.25) is 0 Å². The Morgan fingerprint density at radius 3 is 2.59 bits per heavy atom. The van der Waals surface area contributed by atoms with E-state index in [1.54, 1.807) is 18.2 Å². The average molecular weight is 388 g/mol. The standard InChI is InChI=1S/C18H20N4O4S/c1-2-25-16-8-4-3-7-15(16)21-10-12-22(13-11-21)27(23,24)17-9-5-6-14-18(17)20-26-19-14/h3-9H,2,10-13H2,1H3. The molecule has 1 aromatic heterocycles. The van der Waals surface area contributed by atoms with E-state index in [2.05, 4.69) is 15.2 Å². The predicted octanol–water partition coefficient (Wildman–Crippen LogP) is 2.13. The fourth-order valence-electron chi connectivity index (χ4n) is 3.29. The van der Waals surface area contributed by atoms with Gasteiger partial charge in [0.25, 0.3) is 0 Å². The van der Waals surface area contributed by atoms with Crippen molar-refractivity contribution >= 4 is 26.7 Å². The molecule has 0 bridgehead atoms. The zero-order valence-electron chi connectivity index (χ0n) is 14.9. The van der Waals surface area contributed by atoms with Gasteiger partial charge in [0.05, 0.1) is 12.3 Å². The van der Waals surface area contributed by atoms with E-state index >= 15 is 0 Å². The molecule has 4 rings (SSSR count). The number of para-hydroxylation sites is 2. The molecule has 0 saturated carbocycles. The van der Waals surface area contributed by atoms with Gasteiger partial charge in [-0.25, -0.2) is 13.0 Å². The molecule has 1 aliphatic heterocycles. The second kappa shape index (κ2) is 7.16. The molecule has 3 aromatic rings. The molecule has 0 aliphatic carbocycles. The van der Waals surface area contributed by atoms with E-state index < -0.39 is 10.0 Å². The van der Waals surface area contributed by atoms with Gasteiger partial charge in [-0.1, -0.05) is 18.2 Å². The summed E-state index contributed by atoms with van der Waals surface area (Å²) >= 11 is 0. The maximum absolute atomic E-state index is 13.1. The van der Waals surface area contributed by atoms with E-state index in [0.29, 0.717) is 38.3 Å². The average Bonchev–Trinajstić information content (AvgIpc) is 3.17. The lowest BCUT2D eigenvalue weighted by molar-refractivity contribution is 0.315. The van der Waals surface area contributed by atoms with E-state index in [1.807, 2.05) is 31.2 Å². The maximum Gasteiger partial charge on any atom is 0.245 e. The second-order valence-electron chi connectivity index (χ2n) is 6.18. The highest BCUT2D eigenvalue weighted by molar-refractivity contribution is 7.89. The first-order valence-electron chi connectivity index (χ1n) is 8.79. The SMILES string of the molecule is CCOc1ccccc1N1CCN(S(=O)(=O)c2cccc3nonc23)CC1. The van der Waals surface area contributed by atoms with Crippen LogP contribution in [0.3, 0.4) is 0 Å². The van der Waals surface area contributed by atoms with Gasteiger partial charge in [0.1, 0.15) is 16.2 Å². The normalized spacial score (nSPS) is 16.0. The molecule has 0 unspecified atom stereocenters. The van der Waals surface area contributed by atoms with Gasteiger partial charge in [-0.05, 0) is 41.5 Å². The first-order chi connectivity index (χ1) is 13.1. The zero-order chi connectivity index (χ0) is 18.9. The van der Waals surface area contributed by atoms with Crippen molar-refractivity contribution in [2.75, 3.05) is 37.7 Å². The number of fused-ring (bicyclic) bond motifs is 1. The number of hydrogen-bond donors (Lipinski definition) is 0. The predicted molar refractivity (Wildman–Crippen MR) is 100 cm³/mol. The van der Waals surface area contributed by atoms with Gasteiger partial charge in [0.2, 0.25) is 10.0 Å². The summed E-state index contributed by atoms with van der Waals surface area (Å²) < 4.78 is 38.0. The highest BCUT2D eigenvalue weighted by atomic mass is 32.2. The van der Waals surface area contributed by atoms with Gasteiger partial charge in [-0.15, -0.1) is 0 Å². The molecule has 1 fully saturated rings. The van der Waals surface area contributed by atoms with Gasteiger partial charge in [0, 0.05) is 26.2 Å². The van der Waals surface area contributed by atoms with Crippen molar-refractivity contribution in [2.24, 2.45) is 0 Å². The van der Waals surface area contributed by atoms with Crippen LogP contribution in [0.2, 0.25) is 0 Å². The molecule has 0 atom stereocenters. The van der Waals surface area contributed by atoms with Crippen LogP contribution in [0, 0.1) is 0 Å². The Hall–Kier alpha value is -2.65. The Morgan fingerprint density at radius 1 is 1.04 bits per heavy atom. The van der Waals surface area contributed by atoms with Crippen LogP contribution in [0.4, 0.5) is 5.69 Å². The lowest BCUT2D eigenvalue weighted by Gasteiger charge is -2.36. The molecule has 0 N–H and O–H groups in total. The minimum atomic E-state index is -3.67. The summed E-state index contributed by atoms with van der Waals surface area (Å²) in [7, 11) is -3.67. The highest BCUT2D eigenvalue weighted by Gasteiger charge is 2.31. The lowest BCUT2D eigenvalue weighted by Crippen LogP contribution is -2.48. The molecule has 9 heteroatoms. The summed E-state index contributed by atoms with van der Waals surface area (Å²) in [6.45, 7) is 4.45. The number of anilines is 1. The quantitative estimate of drug-likeness (QED) is 0.661. The van der Waals surface area contributed by atoms with Crippen LogP contribution in [0.15, 0.2) is 52.0 Å². The minimum absolute atomic E-state index is 0.129. The molecule has 27 heavy (non-hydrogen) atoms. The molecule has 142 valence electrons. The molecule has 1 aliphatic rings. The van der Waals surface area contributed by atoms with Crippen molar-refractivity contribution in [2.45, 2.75) is 11.8 Å². The molecule has 8 nitrogen and oxygen atoms in total. The van der Waals surface area contributed by atoms with Gasteiger partial charge in [0.15, 0.2) is 5.52 Å². The highest BCUT2D eigenvalue weighted by Crippen LogP contribution is 2.30. The fourth-order valence-corrected chi connectivity index (χ4v) is 4.85. The molecule has 0 radical (unpaired) electrons. The van der Waals surface area contributed by atoms with E-state index in [-0.39, 0.29) is 10.4 Å². The smallest absolute Gasteiger partial charge is 0.245 e. The summed E-state index contributed by atoms with van der Waals surface area (Å²) in [6.07, 6.45) is 0. The zero-order valence-corrected chi connectivity index (χ0v) is 15.7. The number of piperazine rings is 1. The number of aromatic nitrogens is 2.